The topological polar surface area (TPSA) is 40.5 Å². The standard InChI is InChI=1S/C19H16O2/c1-11-13-7-3-2-6-12(13)10-16-14-8-4-5-9-15(14)18(20)19(21)17(11)16/h2-10,18-21H,1H3. The van der Waals surface area contributed by atoms with Crippen LogP contribution in [0.5, 0.6) is 0 Å². The summed E-state index contributed by atoms with van der Waals surface area (Å²) in [5, 5.41) is 23.3. The third kappa shape index (κ3) is 1.67. The molecule has 2 N–H and O–H groups in total. The molecule has 2 nitrogen and oxygen atoms in total. The van der Waals surface area contributed by atoms with E-state index in [1.165, 1.54) is 0 Å². The first kappa shape index (κ1) is 12.6. The van der Waals surface area contributed by atoms with Gasteiger partial charge in [0, 0.05) is 0 Å². The summed E-state index contributed by atoms with van der Waals surface area (Å²) in [6.07, 6.45) is -1.74. The van der Waals surface area contributed by atoms with E-state index >= 15 is 0 Å². The molecule has 4 rings (SSSR count). The molecule has 2 atom stereocenters. The second-order valence-corrected chi connectivity index (χ2v) is 5.66. The average Bonchev–Trinajstić information content (AvgIpc) is 2.52. The highest BCUT2D eigenvalue weighted by Gasteiger charge is 2.32. The number of aliphatic hydroxyl groups excluding tert-OH is 2. The summed E-state index contributed by atoms with van der Waals surface area (Å²) in [6.45, 7) is 2.02. The minimum Gasteiger partial charge on any atom is -0.385 e. The molecule has 0 aliphatic heterocycles. The van der Waals surface area contributed by atoms with Crippen molar-refractivity contribution in [2.45, 2.75) is 19.1 Å². The lowest BCUT2D eigenvalue weighted by molar-refractivity contribution is 0.0155. The van der Waals surface area contributed by atoms with Crippen molar-refractivity contribution >= 4 is 10.8 Å². The molecule has 3 aromatic carbocycles. The minimum absolute atomic E-state index is 0.798. The van der Waals surface area contributed by atoms with Gasteiger partial charge in [0.2, 0.25) is 0 Å². The van der Waals surface area contributed by atoms with Crippen molar-refractivity contribution in [3.8, 4) is 11.1 Å². The van der Waals surface area contributed by atoms with Crippen LogP contribution in [0, 0.1) is 6.92 Å². The Labute approximate surface area is 123 Å². The zero-order valence-corrected chi connectivity index (χ0v) is 11.7. The Morgan fingerprint density at radius 1 is 0.810 bits per heavy atom. The van der Waals surface area contributed by atoms with E-state index in [1.807, 2.05) is 43.3 Å². The SMILES string of the molecule is Cc1c2c(cc3ccccc13)-c1ccccc1C(O)C2O. The van der Waals surface area contributed by atoms with Crippen molar-refractivity contribution in [2.24, 2.45) is 0 Å². The number of rotatable bonds is 0. The van der Waals surface area contributed by atoms with Crippen molar-refractivity contribution in [3.05, 3.63) is 71.3 Å². The molecule has 104 valence electrons. The minimum atomic E-state index is -0.875. The molecule has 1 aliphatic carbocycles. The smallest absolute Gasteiger partial charge is 0.110 e. The average molecular weight is 276 g/mol. The molecule has 0 heterocycles. The van der Waals surface area contributed by atoms with Gasteiger partial charge in [0.15, 0.2) is 0 Å². The van der Waals surface area contributed by atoms with Gasteiger partial charge in [-0.2, -0.15) is 0 Å². The largest absolute Gasteiger partial charge is 0.385 e. The third-order valence-corrected chi connectivity index (χ3v) is 4.52. The van der Waals surface area contributed by atoms with Gasteiger partial charge >= 0.3 is 0 Å². The zero-order chi connectivity index (χ0) is 14.6. The summed E-state index contributed by atoms with van der Waals surface area (Å²) in [5.74, 6) is 0. The van der Waals surface area contributed by atoms with Gasteiger partial charge in [-0.3, -0.25) is 0 Å². The summed E-state index contributed by atoms with van der Waals surface area (Å²) in [6, 6.07) is 18.0. The molecule has 1 aliphatic rings. The Kier molecular flexibility index (Phi) is 2.64. The number of benzene rings is 3. The Balaban J connectivity index is 2.15. The number of aryl methyl sites for hydroxylation is 1. The second kappa shape index (κ2) is 4.42. The molecule has 0 radical (unpaired) electrons. The summed E-state index contributed by atoms with van der Waals surface area (Å²) in [4.78, 5) is 0. The number of aliphatic hydroxyl groups is 2. The second-order valence-electron chi connectivity index (χ2n) is 5.66. The highest BCUT2D eigenvalue weighted by molar-refractivity contribution is 5.93. The molecule has 3 aromatic rings. The summed E-state index contributed by atoms with van der Waals surface area (Å²) >= 11 is 0. The van der Waals surface area contributed by atoms with E-state index in [4.69, 9.17) is 0 Å². The predicted molar refractivity (Wildman–Crippen MR) is 84.0 cm³/mol. The summed E-state index contributed by atoms with van der Waals surface area (Å²) in [5.41, 5.74) is 4.73. The van der Waals surface area contributed by atoms with Gasteiger partial charge in [0.25, 0.3) is 0 Å². The van der Waals surface area contributed by atoms with Gasteiger partial charge < -0.3 is 10.2 Å². The van der Waals surface area contributed by atoms with Crippen LogP contribution in [0.25, 0.3) is 21.9 Å². The lowest BCUT2D eigenvalue weighted by Gasteiger charge is -2.31. The van der Waals surface area contributed by atoms with Gasteiger partial charge in [0.1, 0.15) is 12.2 Å². The van der Waals surface area contributed by atoms with Crippen LogP contribution in [0.1, 0.15) is 28.9 Å². The van der Waals surface area contributed by atoms with E-state index < -0.39 is 12.2 Å². The molecule has 0 aromatic heterocycles. The number of hydrogen-bond donors (Lipinski definition) is 2. The lowest BCUT2D eigenvalue weighted by Crippen LogP contribution is -2.18. The Bertz CT molecular complexity index is 851. The first-order valence-corrected chi connectivity index (χ1v) is 7.16. The Morgan fingerprint density at radius 3 is 2.38 bits per heavy atom. The molecule has 2 unspecified atom stereocenters. The van der Waals surface area contributed by atoms with Gasteiger partial charge in [-0.1, -0.05) is 48.5 Å². The molecular weight excluding hydrogens is 260 g/mol. The van der Waals surface area contributed by atoms with Crippen LogP contribution in [-0.2, 0) is 0 Å². The maximum atomic E-state index is 10.6. The van der Waals surface area contributed by atoms with Crippen LogP contribution < -0.4 is 0 Å². The fourth-order valence-corrected chi connectivity index (χ4v) is 3.48. The Morgan fingerprint density at radius 2 is 1.52 bits per heavy atom. The van der Waals surface area contributed by atoms with Crippen LogP contribution in [0.2, 0.25) is 0 Å². The monoisotopic (exact) mass is 276 g/mol. The molecule has 21 heavy (non-hydrogen) atoms. The third-order valence-electron chi connectivity index (χ3n) is 4.52. The molecular formula is C19H16O2. The molecule has 0 spiro atoms. The molecule has 0 saturated carbocycles. The van der Waals surface area contributed by atoms with Crippen LogP contribution in [0.3, 0.4) is 0 Å². The highest BCUT2D eigenvalue weighted by atomic mass is 16.3. The van der Waals surface area contributed by atoms with Gasteiger partial charge in [-0.05, 0) is 51.6 Å². The normalized spacial score (nSPS) is 20.1. The van der Waals surface area contributed by atoms with E-state index in [9.17, 15) is 10.2 Å². The lowest BCUT2D eigenvalue weighted by atomic mass is 9.78. The van der Waals surface area contributed by atoms with Crippen molar-refractivity contribution < 1.29 is 10.2 Å². The first-order chi connectivity index (χ1) is 10.2. The van der Waals surface area contributed by atoms with Crippen LogP contribution in [0.15, 0.2) is 54.6 Å². The summed E-state index contributed by atoms with van der Waals surface area (Å²) < 4.78 is 0. The van der Waals surface area contributed by atoms with E-state index in [-0.39, 0.29) is 0 Å². The quantitative estimate of drug-likeness (QED) is 0.654. The van der Waals surface area contributed by atoms with Crippen LogP contribution in [-0.4, -0.2) is 10.2 Å². The van der Waals surface area contributed by atoms with Crippen molar-refractivity contribution in [2.75, 3.05) is 0 Å². The van der Waals surface area contributed by atoms with Crippen molar-refractivity contribution in [1.82, 2.24) is 0 Å². The van der Waals surface area contributed by atoms with Gasteiger partial charge in [0.05, 0.1) is 0 Å². The first-order valence-electron chi connectivity index (χ1n) is 7.16. The van der Waals surface area contributed by atoms with Gasteiger partial charge in [-0.15, -0.1) is 0 Å². The van der Waals surface area contributed by atoms with E-state index in [1.54, 1.807) is 0 Å². The molecule has 0 fully saturated rings. The van der Waals surface area contributed by atoms with Crippen LogP contribution >= 0.6 is 0 Å². The summed E-state index contributed by atoms with van der Waals surface area (Å²) in [7, 11) is 0. The Hall–Kier alpha value is -2.16. The van der Waals surface area contributed by atoms with Crippen molar-refractivity contribution in [3.63, 3.8) is 0 Å². The van der Waals surface area contributed by atoms with E-state index in [0.29, 0.717) is 0 Å². The predicted octanol–water partition coefficient (Wildman–Crippen LogP) is 3.90. The van der Waals surface area contributed by atoms with E-state index in [0.717, 1.165) is 38.6 Å². The number of fused-ring (bicyclic) bond motifs is 4. The molecule has 0 bridgehead atoms. The van der Waals surface area contributed by atoms with E-state index in [2.05, 4.69) is 18.2 Å². The fourth-order valence-electron chi connectivity index (χ4n) is 3.48. The van der Waals surface area contributed by atoms with Crippen LogP contribution in [0.4, 0.5) is 0 Å². The fraction of sp³-hybridized carbons (Fsp3) is 0.158. The number of hydrogen-bond acceptors (Lipinski definition) is 2. The molecule has 0 saturated heterocycles. The molecule has 0 amide bonds. The maximum Gasteiger partial charge on any atom is 0.110 e. The van der Waals surface area contributed by atoms with Crippen molar-refractivity contribution in [1.29, 1.82) is 0 Å². The van der Waals surface area contributed by atoms with Gasteiger partial charge in [-0.25, -0.2) is 0 Å². The zero-order valence-electron chi connectivity index (χ0n) is 11.7. The maximum absolute atomic E-state index is 10.6. The molecule has 2 heteroatoms. The highest BCUT2D eigenvalue weighted by Crippen LogP contribution is 2.47.